The van der Waals surface area contributed by atoms with E-state index in [0.29, 0.717) is 5.92 Å². The van der Waals surface area contributed by atoms with E-state index in [2.05, 4.69) is 5.32 Å². The first-order valence-corrected chi connectivity index (χ1v) is 7.42. The highest BCUT2D eigenvalue weighted by atomic mass is 35.5. The Hall–Kier alpha value is -0.770. The van der Waals surface area contributed by atoms with Gasteiger partial charge in [0, 0.05) is 31.1 Å². The lowest BCUT2D eigenvalue weighted by molar-refractivity contribution is 0.0539. The van der Waals surface area contributed by atoms with E-state index in [-0.39, 0.29) is 6.10 Å². The average molecular weight is 282 g/mol. The van der Waals surface area contributed by atoms with E-state index in [1.165, 1.54) is 18.4 Å². The van der Waals surface area contributed by atoms with Crippen molar-refractivity contribution in [3.63, 3.8) is 0 Å². The maximum absolute atomic E-state index is 5.99. The molecule has 2 aliphatic rings. The number of hydrogen-bond acceptors (Lipinski definition) is 3. The summed E-state index contributed by atoms with van der Waals surface area (Å²) in [5, 5.41) is 4.30. The number of rotatable bonds is 4. The Morgan fingerprint density at radius 2 is 2.26 bits per heavy atom. The summed E-state index contributed by atoms with van der Waals surface area (Å²) >= 11 is 5.99. The maximum atomic E-state index is 5.99. The summed E-state index contributed by atoms with van der Waals surface area (Å²) in [4.78, 5) is 0. The van der Waals surface area contributed by atoms with Crippen LogP contribution < -0.4 is 10.1 Å². The Balaban J connectivity index is 1.43. The second kappa shape index (κ2) is 6.12. The molecule has 0 spiro atoms. The second-order valence-electron chi connectivity index (χ2n) is 5.44. The lowest BCUT2D eigenvalue weighted by atomic mass is 10.0. The van der Waals surface area contributed by atoms with Gasteiger partial charge in [0.25, 0.3) is 0 Å². The molecule has 1 aromatic carbocycles. The van der Waals surface area contributed by atoms with Gasteiger partial charge >= 0.3 is 0 Å². The molecule has 0 bridgehead atoms. The van der Waals surface area contributed by atoms with Gasteiger partial charge in [0.05, 0.1) is 6.61 Å². The first-order chi connectivity index (χ1) is 9.31. The van der Waals surface area contributed by atoms with Crippen LogP contribution in [-0.2, 0) is 11.2 Å². The molecule has 2 atom stereocenters. The molecular formula is C15H20ClNO2. The fourth-order valence-corrected chi connectivity index (χ4v) is 3.01. The Labute approximate surface area is 119 Å². The third-order valence-corrected chi connectivity index (χ3v) is 4.06. The predicted molar refractivity (Wildman–Crippen MR) is 76.0 cm³/mol. The van der Waals surface area contributed by atoms with Gasteiger partial charge in [-0.15, -0.1) is 0 Å². The van der Waals surface area contributed by atoms with Crippen LogP contribution in [0.15, 0.2) is 18.2 Å². The van der Waals surface area contributed by atoms with E-state index in [1.807, 2.05) is 18.2 Å². The standard InChI is InChI=1S/C15H20ClNO2/c16-13-3-4-15-12(6-13)7-14(19-15)9-17-8-11-2-1-5-18-10-11/h3-4,6,11,14,17H,1-2,5,7-10H2. The number of ether oxygens (including phenoxy) is 2. The zero-order chi connectivity index (χ0) is 13.1. The molecule has 3 nitrogen and oxygen atoms in total. The van der Waals surface area contributed by atoms with Crippen molar-refractivity contribution in [1.29, 1.82) is 0 Å². The lowest BCUT2D eigenvalue weighted by Crippen LogP contribution is -2.35. The first-order valence-electron chi connectivity index (χ1n) is 7.05. The normalized spacial score (nSPS) is 25.9. The molecule has 1 N–H and O–H groups in total. The van der Waals surface area contributed by atoms with E-state index in [4.69, 9.17) is 21.1 Å². The average Bonchev–Trinajstić information content (AvgIpc) is 2.82. The van der Waals surface area contributed by atoms with E-state index in [1.54, 1.807) is 0 Å². The van der Waals surface area contributed by atoms with Gasteiger partial charge in [-0.25, -0.2) is 0 Å². The van der Waals surface area contributed by atoms with Crippen LogP contribution in [0.25, 0.3) is 0 Å². The second-order valence-corrected chi connectivity index (χ2v) is 5.87. The van der Waals surface area contributed by atoms with Crippen LogP contribution >= 0.6 is 11.6 Å². The molecule has 2 aliphatic heterocycles. The van der Waals surface area contributed by atoms with Crippen LogP contribution in [0, 0.1) is 5.92 Å². The van der Waals surface area contributed by atoms with Gasteiger partial charge in [0.15, 0.2) is 0 Å². The quantitative estimate of drug-likeness (QED) is 0.920. The molecule has 0 aromatic heterocycles. The van der Waals surface area contributed by atoms with Crippen molar-refractivity contribution in [2.75, 3.05) is 26.3 Å². The number of halogens is 1. The molecule has 0 amide bonds. The Bertz CT molecular complexity index is 432. The smallest absolute Gasteiger partial charge is 0.123 e. The molecule has 2 unspecified atom stereocenters. The number of nitrogens with one attached hydrogen (secondary N) is 1. The van der Waals surface area contributed by atoms with Gasteiger partial charge in [-0.2, -0.15) is 0 Å². The lowest BCUT2D eigenvalue weighted by Gasteiger charge is -2.23. The summed E-state index contributed by atoms with van der Waals surface area (Å²) in [6.45, 7) is 3.74. The zero-order valence-electron chi connectivity index (χ0n) is 11.0. The summed E-state index contributed by atoms with van der Waals surface area (Å²) in [6, 6.07) is 5.86. The molecule has 1 fully saturated rings. The summed E-state index contributed by atoms with van der Waals surface area (Å²) in [6.07, 6.45) is 3.65. The van der Waals surface area contributed by atoms with Crippen LogP contribution in [0.1, 0.15) is 18.4 Å². The van der Waals surface area contributed by atoms with Gasteiger partial charge in [-0.1, -0.05) is 11.6 Å². The monoisotopic (exact) mass is 281 g/mol. The van der Waals surface area contributed by atoms with Gasteiger partial charge in [0.2, 0.25) is 0 Å². The Kier molecular flexibility index (Phi) is 4.26. The van der Waals surface area contributed by atoms with Gasteiger partial charge in [0.1, 0.15) is 11.9 Å². The van der Waals surface area contributed by atoms with E-state index in [0.717, 1.165) is 43.5 Å². The molecular weight excluding hydrogens is 262 g/mol. The molecule has 1 aromatic rings. The van der Waals surface area contributed by atoms with Crippen molar-refractivity contribution in [2.24, 2.45) is 5.92 Å². The maximum Gasteiger partial charge on any atom is 0.123 e. The largest absolute Gasteiger partial charge is 0.488 e. The van der Waals surface area contributed by atoms with Gasteiger partial charge in [-0.05, 0) is 42.5 Å². The topological polar surface area (TPSA) is 30.5 Å². The summed E-state index contributed by atoms with van der Waals surface area (Å²) < 4.78 is 11.4. The van der Waals surface area contributed by atoms with Crippen LogP contribution in [0.2, 0.25) is 5.02 Å². The molecule has 2 heterocycles. The number of hydrogen-bond donors (Lipinski definition) is 1. The minimum Gasteiger partial charge on any atom is -0.488 e. The fraction of sp³-hybridized carbons (Fsp3) is 0.600. The van der Waals surface area contributed by atoms with Crippen molar-refractivity contribution in [3.8, 4) is 5.75 Å². The Morgan fingerprint density at radius 3 is 3.11 bits per heavy atom. The van der Waals surface area contributed by atoms with Gasteiger partial charge in [-0.3, -0.25) is 0 Å². The Morgan fingerprint density at radius 1 is 1.32 bits per heavy atom. The minimum absolute atomic E-state index is 0.234. The van der Waals surface area contributed by atoms with Crippen molar-refractivity contribution < 1.29 is 9.47 Å². The first kappa shape index (κ1) is 13.2. The van der Waals surface area contributed by atoms with Crippen molar-refractivity contribution >= 4 is 11.6 Å². The van der Waals surface area contributed by atoms with Crippen LogP contribution in [0.5, 0.6) is 5.75 Å². The third-order valence-electron chi connectivity index (χ3n) is 3.82. The van der Waals surface area contributed by atoms with Gasteiger partial charge < -0.3 is 14.8 Å². The third kappa shape index (κ3) is 3.41. The number of fused-ring (bicyclic) bond motifs is 1. The molecule has 3 rings (SSSR count). The fourth-order valence-electron chi connectivity index (χ4n) is 2.82. The SMILES string of the molecule is Clc1ccc2c(c1)CC(CNCC1CCCOC1)O2. The zero-order valence-corrected chi connectivity index (χ0v) is 11.8. The van der Waals surface area contributed by atoms with Crippen molar-refractivity contribution in [2.45, 2.75) is 25.4 Å². The molecule has 104 valence electrons. The summed E-state index contributed by atoms with van der Waals surface area (Å²) in [7, 11) is 0. The van der Waals surface area contributed by atoms with E-state index < -0.39 is 0 Å². The molecule has 0 aliphatic carbocycles. The highest BCUT2D eigenvalue weighted by molar-refractivity contribution is 6.30. The highest BCUT2D eigenvalue weighted by Crippen LogP contribution is 2.30. The van der Waals surface area contributed by atoms with Crippen LogP contribution in [0.4, 0.5) is 0 Å². The minimum atomic E-state index is 0.234. The molecule has 19 heavy (non-hydrogen) atoms. The number of benzene rings is 1. The highest BCUT2D eigenvalue weighted by Gasteiger charge is 2.23. The van der Waals surface area contributed by atoms with Crippen molar-refractivity contribution in [1.82, 2.24) is 5.32 Å². The van der Waals surface area contributed by atoms with Crippen LogP contribution in [-0.4, -0.2) is 32.4 Å². The molecule has 0 radical (unpaired) electrons. The predicted octanol–water partition coefficient (Wildman–Crippen LogP) is 2.66. The summed E-state index contributed by atoms with van der Waals surface area (Å²) in [5.41, 5.74) is 1.22. The van der Waals surface area contributed by atoms with Crippen molar-refractivity contribution in [3.05, 3.63) is 28.8 Å². The van der Waals surface area contributed by atoms with Crippen LogP contribution in [0.3, 0.4) is 0 Å². The molecule has 0 saturated carbocycles. The molecule has 4 heteroatoms. The van der Waals surface area contributed by atoms with E-state index >= 15 is 0 Å². The summed E-state index contributed by atoms with van der Waals surface area (Å²) in [5.74, 6) is 1.64. The van der Waals surface area contributed by atoms with E-state index in [9.17, 15) is 0 Å². The molecule has 1 saturated heterocycles.